The summed E-state index contributed by atoms with van der Waals surface area (Å²) in [5.41, 5.74) is 3.38. The first-order valence-electron chi connectivity index (χ1n) is 9.75. The summed E-state index contributed by atoms with van der Waals surface area (Å²) in [5, 5.41) is 6.01. The summed E-state index contributed by atoms with van der Waals surface area (Å²) >= 11 is 0. The molecule has 152 valence electrons. The lowest BCUT2D eigenvalue weighted by Crippen LogP contribution is -2.31. The predicted octanol–water partition coefficient (Wildman–Crippen LogP) is 4.55. The highest BCUT2D eigenvalue weighted by Gasteiger charge is 2.35. The van der Waals surface area contributed by atoms with Crippen LogP contribution in [0.5, 0.6) is 5.75 Å². The molecular weight excluding hydrogens is 380 g/mol. The van der Waals surface area contributed by atoms with Gasteiger partial charge in [-0.1, -0.05) is 42.0 Å². The molecule has 0 saturated heterocycles. The third kappa shape index (κ3) is 4.03. The van der Waals surface area contributed by atoms with Gasteiger partial charge in [-0.2, -0.15) is 5.10 Å². The van der Waals surface area contributed by atoms with Crippen LogP contribution < -0.4 is 4.74 Å². The van der Waals surface area contributed by atoms with Crippen molar-refractivity contribution in [2.75, 3.05) is 6.61 Å². The Labute approximate surface area is 174 Å². The standard InChI is InChI=1S/C24H22N2O4/c1-16-9-11-18(12-10-16)20-14-21(23-8-5-13-29-23)26(25-20)24(28)15-30-22-7-4-3-6-19(22)17(2)27/h3-13,21H,14-15H2,1-2H3/t21-/m0/s1. The Morgan fingerprint density at radius 1 is 1.10 bits per heavy atom. The number of ether oxygens (including phenoxy) is 1. The Balaban J connectivity index is 1.56. The number of carbonyl (C=O) groups is 2. The summed E-state index contributed by atoms with van der Waals surface area (Å²) in [6.07, 6.45) is 2.13. The minimum absolute atomic E-state index is 0.118. The van der Waals surface area contributed by atoms with Crippen LogP contribution in [-0.2, 0) is 4.79 Å². The number of furan rings is 1. The number of hydrazone groups is 1. The van der Waals surface area contributed by atoms with Crippen molar-refractivity contribution < 1.29 is 18.7 Å². The zero-order valence-electron chi connectivity index (χ0n) is 16.9. The molecular formula is C24H22N2O4. The summed E-state index contributed by atoms with van der Waals surface area (Å²) in [7, 11) is 0. The maximum atomic E-state index is 13.0. The first-order chi connectivity index (χ1) is 14.5. The zero-order chi connectivity index (χ0) is 21.1. The molecule has 0 unspecified atom stereocenters. The van der Waals surface area contributed by atoms with E-state index in [0.717, 1.165) is 16.8 Å². The molecule has 1 aliphatic heterocycles. The van der Waals surface area contributed by atoms with E-state index in [1.807, 2.05) is 37.3 Å². The van der Waals surface area contributed by atoms with E-state index < -0.39 is 0 Å². The largest absolute Gasteiger partial charge is 0.483 e. The third-order valence-electron chi connectivity index (χ3n) is 5.04. The van der Waals surface area contributed by atoms with Gasteiger partial charge in [0.1, 0.15) is 17.6 Å². The van der Waals surface area contributed by atoms with Gasteiger partial charge < -0.3 is 9.15 Å². The lowest BCUT2D eigenvalue weighted by atomic mass is 10.0. The number of hydrogen-bond donors (Lipinski definition) is 0. The normalized spacial score (nSPS) is 15.7. The second-order valence-corrected chi connectivity index (χ2v) is 7.23. The van der Waals surface area contributed by atoms with E-state index in [2.05, 4.69) is 5.10 Å². The molecule has 1 amide bonds. The number of para-hydroxylation sites is 1. The number of carbonyl (C=O) groups excluding carboxylic acids is 2. The predicted molar refractivity (Wildman–Crippen MR) is 113 cm³/mol. The van der Waals surface area contributed by atoms with Crippen LogP contribution in [0.2, 0.25) is 0 Å². The fraction of sp³-hybridized carbons (Fsp3) is 0.208. The van der Waals surface area contributed by atoms with Crippen LogP contribution in [0, 0.1) is 6.92 Å². The topological polar surface area (TPSA) is 72.1 Å². The SMILES string of the molecule is CC(=O)c1ccccc1OCC(=O)N1N=C(c2ccc(C)cc2)C[C@H]1c1ccco1. The fourth-order valence-corrected chi connectivity index (χ4v) is 3.45. The minimum atomic E-state index is -0.338. The van der Waals surface area contributed by atoms with Crippen molar-refractivity contribution in [2.24, 2.45) is 5.10 Å². The van der Waals surface area contributed by atoms with E-state index in [-0.39, 0.29) is 24.3 Å². The molecule has 0 saturated carbocycles. The molecule has 0 N–H and O–H groups in total. The minimum Gasteiger partial charge on any atom is -0.483 e. The smallest absolute Gasteiger partial charge is 0.281 e. The van der Waals surface area contributed by atoms with Crippen molar-refractivity contribution in [2.45, 2.75) is 26.3 Å². The molecule has 1 atom stereocenters. The highest BCUT2D eigenvalue weighted by Crippen LogP contribution is 2.33. The average Bonchev–Trinajstić information content (AvgIpc) is 3.42. The summed E-state index contributed by atoms with van der Waals surface area (Å²) < 4.78 is 11.2. The van der Waals surface area contributed by atoms with Crippen molar-refractivity contribution in [1.29, 1.82) is 0 Å². The molecule has 2 aromatic carbocycles. The van der Waals surface area contributed by atoms with E-state index in [1.54, 1.807) is 36.6 Å². The highest BCUT2D eigenvalue weighted by atomic mass is 16.5. The summed E-state index contributed by atoms with van der Waals surface area (Å²) in [6.45, 7) is 3.26. The molecule has 1 aliphatic rings. The van der Waals surface area contributed by atoms with Crippen LogP contribution in [0.3, 0.4) is 0 Å². The quantitative estimate of drug-likeness (QED) is 0.567. The maximum absolute atomic E-state index is 13.0. The molecule has 3 aromatic rings. The number of amides is 1. The number of nitrogens with zero attached hydrogens (tertiary/aromatic N) is 2. The van der Waals surface area contributed by atoms with Crippen molar-refractivity contribution in [3.63, 3.8) is 0 Å². The molecule has 0 aliphatic carbocycles. The Bertz CT molecular complexity index is 1080. The van der Waals surface area contributed by atoms with E-state index in [4.69, 9.17) is 9.15 Å². The van der Waals surface area contributed by atoms with Crippen molar-refractivity contribution in [3.8, 4) is 5.75 Å². The number of rotatable bonds is 6. The first-order valence-corrected chi connectivity index (χ1v) is 9.75. The lowest BCUT2D eigenvalue weighted by molar-refractivity contribution is -0.135. The van der Waals surface area contributed by atoms with Gasteiger partial charge in [-0.25, -0.2) is 5.01 Å². The molecule has 6 heteroatoms. The first kappa shape index (κ1) is 19.6. The van der Waals surface area contributed by atoms with Gasteiger partial charge in [-0.15, -0.1) is 0 Å². The molecule has 0 radical (unpaired) electrons. The lowest BCUT2D eigenvalue weighted by Gasteiger charge is -2.20. The van der Waals surface area contributed by atoms with Gasteiger partial charge in [0.25, 0.3) is 5.91 Å². The third-order valence-corrected chi connectivity index (χ3v) is 5.04. The van der Waals surface area contributed by atoms with Crippen LogP contribution in [0.15, 0.2) is 76.4 Å². The molecule has 6 nitrogen and oxygen atoms in total. The fourth-order valence-electron chi connectivity index (χ4n) is 3.45. The number of aryl methyl sites for hydroxylation is 1. The van der Waals surface area contributed by atoms with Crippen molar-refractivity contribution in [1.82, 2.24) is 5.01 Å². The van der Waals surface area contributed by atoms with Gasteiger partial charge >= 0.3 is 0 Å². The van der Waals surface area contributed by atoms with Crippen molar-refractivity contribution in [3.05, 3.63) is 89.4 Å². The Morgan fingerprint density at radius 3 is 2.57 bits per heavy atom. The summed E-state index contributed by atoms with van der Waals surface area (Å²) in [4.78, 5) is 24.8. The van der Waals surface area contributed by atoms with Gasteiger partial charge in [0.15, 0.2) is 12.4 Å². The Morgan fingerprint density at radius 2 is 1.87 bits per heavy atom. The van der Waals surface area contributed by atoms with Crippen LogP contribution in [0.25, 0.3) is 0 Å². The second kappa shape index (κ2) is 8.37. The molecule has 0 spiro atoms. The average molecular weight is 402 g/mol. The van der Waals surface area contributed by atoms with Crippen LogP contribution in [0.4, 0.5) is 0 Å². The van der Waals surface area contributed by atoms with Crippen LogP contribution in [-0.4, -0.2) is 29.0 Å². The summed E-state index contributed by atoms with van der Waals surface area (Å²) in [5.74, 6) is 0.623. The molecule has 1 aromatic heterocycles. The maximum Gasteiger partial charge on any atom is 0.281 e. The monoisotopic (exact) mass is 402 g/mol. The molecule has 4 rings (SSSR count). The van der Waals surface area contributed by atoms with E-state index in [1.165, 1.54) is 11.9 Å². The van der Waals surface area contributed by atoms with Crippen LogP contribution >= 0.6 is 0 Å². The number of benzene rings is 2. The number of Topliss-reactive ketones (excluding diaryl/α,β-unsaturated/α-hetero) is 1. The molecule has 0 bridgehead atoms. The molecule has 0 fully saturated rings. The van der Waals surface area contributed by atoms with Crippen LogP contribution in [0.1, 0.15) is 46.6 Å². The highest BCUT2D eigenvalue weighted by molar-refractivity contribution is 6.03. The van der Waals surface area contributed by atoms with Crippen molar-refractivity contribution >= 4 is 17.4 Å². The summed E-state index contributed by atoms with van der Waals surface area (Å²) in [6, 6.07) is 18.2. The van der Waals surface area contributed by atoms with Gasteiger partial charge in [0.05, 0.1) is 17.5 Å². The van der Waals surface area contributed by atoms with Gasteiger partial charge in [0.2, 0.25) is 0 Å². The van der Waals surface area contributed by atoms with Gasteiger partial charge in [-0.05, 0) is 43.7 Å². The Kier molecular flexibility index (Phi) is 5.48. The van der Waals surface area contributed by atoms with E-state index >= 15 is 0 Å². The molecule has 30 heavy (non-hydrogen) atoms. The van der Waals surface area contributed by atoms with Gasteiger partial charge in [0, 0.05) is 6.42 Å². The van der Waals surface area contributed by atoms with E-state index in [9.17, 15) is 9.59 Å². The zero-order valence-corrected chi connectivity index (χ0v) is 16.9. The van der Waals surface area contributed by atoms with E-state index in [0.29, 0.717) is 23.5 Å². The van der Waals surface area contributed by atoms with Gasteiger partial charge in [-0.3, -0.25) is 9.59 Å². The second-order valence-electron chi connectivity index (χ2n) is 7.23. The number of hydrogen-bond acceptors (Lipinski definition) is 5. The molecule has 2 heterocycles. The number of ketones is 1. The Hall–Kier alpha value is -3.67.